The van der Waals surface area contributed by atoms with Crippen molar-refractivity contribution in [1.29, 1.82) is 0 Å². The first-order valence-electron chi connectivity index (χ1n) is 6.29. The van der Waals surface area contributed by atoms with Crippen LogP contribution in [-0.2, 0) is 17.6 Å². The van der Waals surface area contributed by atoms with E-state index < -0.39 is 5.60 Å². The minimum atomic E-state index is -0.672. The fraction of sp³-hybridized carbons (Fsp3) is 0.500. The zero-order chi connectivity index (χ0) is 13.2. The fourth-order valence-corrected chi connectivity index (χ4v) is 2.07. The Labute approximate surface area is 107 Å². The molecule has 0 fully saturated rings. The molecule has 1 amide bonds. The molecule has 0 aromatic heterocycles. The van der Waals surface area contributed by atoms with Crippen LogP contribution in [0.15, 0.2) is 18.2 Å². The van der Waals surface area contributed by atoms with Crippen LogP contribution in [0, 0.1) is 0 Å². The number of nitrogens with one attached hydrogen (secondary N) is 2. The van der Waals surface area contributed by atoms with Gasteiger partial charge in [0.05, 0.1) is 12.0 Å². The van der Waals surface area contributed by atoms with Crippen LogP contribution in [0.2, 0.25) is 0 Å². The molecule has 1 heterocycles. The van der Waals surface area contributed by atoms with Crippen molar-refractivity contribution in [3.05, 3.63) is 29.3 Å². The Bertz CT molecular complexity index is 450. The van der Waals surface area contributed by atoms with E-state index in [0.29, 0.717) is 13.0 Å². The van der Waals surface area contributed by atoms with Gasteiger partial charge in [-0.2, -0.15) is 0 Å². The van der Waals surface area contributed by atoms with Crippen LogP contribution in [0.25, 0.3) is 0 Å². The highest BCUT2D eigenvalue weighted by Gasteiger charge is 2.17. The molecule has 0 radical (unpaired) electrons. The zero-order valence-corrected chi connectivity index (χ0v) is 10.9. The van der Waals surface area contributed by atoms with Crippen molar-refractivity contribution in [2.24, 2.45) is 0 Å². The van der Waals surface area contributed by atoms with Crippen molar-refractivity contribution in [3.63, 3.8) is 0 Å². The fourth-order valence-electron chi connectivity index (χ4n) is 2.07. The van der Waals surface area contributed by atoms with Crippen molar-refractivity contribution >= 4 is 11.6 Å². The highest BCUT2D eigenvalue weighted by molar-refractivity contribution is 5.99. The average Bonchev–Trinajstić information content (AvgIpc) is 2.62. The lowest BCUT2D eigenvalue weighted by molar-refractivity contribution is -0.115. The first kappa shape index (κ1) is 13.1. The maximum Gasteiger partial charge on any atom is 0.228 e. The second-order valence-corrected chi connectivity index (χ2v) is 5.46. The van der Waals surface area contributed by atoms with E-state index in [0.717, 1.165) is 24.2 Å². The molecule has 2 rings (SSSR count). The molecule has 1 aromatic carbocycles. The number of carbonyl (C=O) groups excluding carboxylic acids is 1. The number of hydrogen-bond donors (Lipinski definition) is 3. The van der Waals surface area contributed by atoms with E-state index in [1.165, 1.54) is 5.56 Å². The summed E-state index contributed by atoms with van der Waals surface area (Å²) in [5.74, 6) is 0.0716. The number of hydrogen-bond acceptors (Lipinski definition) is 3. The highest BCUT2D eigenvalue weighted by atomic mass is 16.3. The van der Waals surface area contributed by atoms with Gasteiger partial charge in [-0.05, 0) is 44.0 Å². The quantitative estimate of drug-likeness (QED) is 0.683. The number of benzene rings is 1. The lowest BCUT2D eigenvalue weighted by Crippen LogP contribution is -2.35. The smallest absolute Gasteiger partial charge is 0.228 e. The van der Waals surface area contributed by atoms with Gasteiger partial charge in [-0.3, -0.25) is 4.79 Å². The molecular weight excluding hydrogens is 228 g/mol. The summed E-state index contributed by atoms with van der Waals surface area (Å²) in [6.07, 6.45) is 1.39. The Balaban J connectivity index is 1.84. The molecule has 0 unspecified atom stereocenters. The van der Waals surface area contributed by atoms with Gasteiger partial charge in [0.1, 0.15) is 0 Å². The maximum atomic E-state index is 11.2. The lowest BCUT2D eigenvalue weighted by atomic mass is 10.1. The van der Waals surface area contributed by atoms with Crippen LogP contribution >= 0.6 is 0 Å². The van der Waals surface area contributed by atoms with Gasteiger partial charge in [0.2, 0.25) is 5.91 Å². The first-order valence-corrected chi connectivity index (χ1v) is 6.29. The van der Waals surface area contributed by atoms with Crippen molar-refractivity contribution < 1.29 is 9.90 Å². The molecule has 0 bridgehead atoms. The standard InChI is InChI=1S/C14H20N2O2/c1-14(2,18)9-15-6-5-10-3-4-12-11(7-10)8-13(17)16-12/h3-4,7,15,18H,5-6,8-9H2,1-2H3,(H,16,17). The minimum absolute atomic E-state index is 0.0716. The summed E-state index contributed by atoms with van der Waals surface area (Å²) in [5.41, 5.74) is 2.57. The molecule has 0 saturated carbocycles. The van der Waals surface area contributed by atoms with Crippen LogP contribution in [0.1, 0.15) is 25.0 Å². The summed E-state index contributed by atoms with van der Waals surface area (Å²) in [6, 6.07) is 6.08. The van der Waals surface area contributed by atoms with E-state index in [-0.39, 0.29) is 5.91 Å². The summed E-state index contributed by atoms with van der Waals surface area (Å²) in [7, 11) is 0. The number of anilines is 1. The molecule has 0 saturated heterocycles. The second-order valence-electron chi connectivity index (χ2n) is 5.46. The minimum Gasteiger partial charge on any atom is -0.389 e. The molecular formula is C14H20N2O2. The Kier molecular flexibility index (Phi) is 3.68. The monoisotopic (exact) mass is 248 g/mol. The Morgan fingerprint density at radius 3 is 2.94 bits per heavy atom. The van der Waals surface area contributed by atoms with Crippen LogP contribution in [0.5, 0.6) is 0 Å². The van der Waals surface area contributed by atoms with E-state index in [9.17, 15) is 9.90 Å². The summed E-state index contributed by atoms with van der Waals surface area (Å²) < 4.78 is 0. The van der Waals surface area contributed by atoms with Crippen molar-refractivity contribution in [3.8, 4) is 0 Å². The SMILES string of the molecule is CC(C)(O)CNCCc1ccc2c(c1)CC(=O)N2. The first-order chi connectivity index (χ1) is 8.44. The van der Waals surface area contributed by atoms with Gasteiger partial charge in [0.15, 0.2) is 0 Å². The molecule has 4 heteroatoms. The van der Waals surface area contributed by atoms with Crippen LogP contribution in [-0.4, -0.2) is 29.7 Å². The lowest BCUT2D eigenvalue weighted by Gasteiger charge is -2.17. The third-order valence-electron chi connectivity index (χ3n) is 2.94. The Morgan fingerprint density at radius 1 is 1.44 bits per heavy atom. The van der Waals surface area contributed by atoms with Gasteiger partial charge in [-0.15, -0.1) is 0 Å². The topological polar surface area (TPSA) is 61.4 Å². The van der Waals surface area contributed by atoms with Crippen LogP contribution in [0.3, 0.4) is 0 Å². The number of aliphatic hydroxyl groups is 1. The number of carbonyl (C=O) groups is 1. The third kappa shape index (κ3) is 3.55. The molecule has 0 aliphatic carbocycles. The summed E-state index contributed by atoms with van der Waals surface area (Å²) in [4.78, 5) is 11.2. The molecule has 1 aromatic rings. The molecule has 1 aliphatic heterocycles. The van der Waals surface area contributed by atoms with Crippen molar-refractivity contribution in [2.75, 3.05) is 18.4 Å². The molecule has 0 atom stereocenters. The summed E-state index contributed by atoms with van der Waals surface area (Å²) in [6.45, 7) is 4.97. The highest BCUT2D eigenvalue weighted by Crippen LogP contribution is 2.23. The number of fused-ring (bicyclic) bond motifs is 1. The van der Waals surface area contributed by atoms with Gasteiger partial charge in [0, 0.05) is 12.2 Å². The van der Waals surface area contributed by atoms with Crippen molar-refractivity contribution in [2.45, 2.75) is 32.3 Å². The van der Waals surface area contributed by atoms with E-state index in [2.05, 4.69) is 16.7 Å². The van der Waals surface area contributed by atoms with Gasteiger partial charge >= 0.3 is 0 Å². The molecule has 18 heavy (non-hydrogen) atoms. The molecule has 1 aliphatic rings. The predicted molar refractivity (Wildman–Crippen MR) is 71.6 cm³/mol. The normalized spacial score (nSPS) is 14.5. The van der Waals surface area contributed by atoms with Crippen LogP contribution < -0.4 is 10.6 Å². The average molecular weight is 248 g/mol. The Morgan fingerprint density at radius 2 is 2.22 bits per heavy atom. The predicted octanol–water partition coefficient (Wildman–Crippen LogP) is 1.08. The molecule has 0 spiro atoms. The molecule has 3 N–H and O–H groups in total. The van der Waals surface area contributed by atoms with E-state index in [1.54, 1.807) is 13.8 Å². The van der Waals surface area contributed by atoms with Gasteiger partial charge < -0.3 is 15.7 Å². The molecule has 4 nitrogen and oxygen atoms in total. The van der Waals surface area contributed by atoms with E-state index in [4.69, 9.17) is 0 Å². The Hall–Kier alpha value is -1.39. The number of rotatable bonds is 5. The molecule has 98 valence electrons. The van der Waals surface area contributed by atoms with E-state index >= 15 is 0 Å². The number of amides is 1. The van der Waals surface area contributed by atoms with Gasteiger partial charge in [-0.1, -0.05) is 12.1 Å². The zero-order valence-electron chi connectivity index (χ0n) is 10.9. The summed E-state index contributed by atoms with van der Waals surface area (Å²) in [5, 5.41) is 15.6. The van der Waals surface area contributed by atoms with Crippen molar-refractivity contribution in [1.82, 2.24) is 5.32 Å². The van der Waals surface area contributed by atoms with E-state index in [1.807, 2.05) is 12.1 Å². The second kappa shape index (κ2) is 5.08. The maximum absolute atomic E-state index is 11.2. The largest absolute Gasteiger partial charge is 0.389 e. The van der Waals surface area contributed by atoms with Crippen LogP contribution in [0.4, 0.5) is 5.69 Å². The third-order valence-corrected chi connectivity index (χ3v) is 2.94. The van der Waals surface area contributed by atoms with Gasteiger partial charge in [0.25, 0.3) is 0 Å². The summed E-state index contributed by atoms with van der Waals surface area (Å²) >= 11 is 0. The van der Waals surface area contributed by atoms with Gasteiger partial charge in [-0.25, -0.2) is 0 Å².